The molecule has 1 aromatic carbocycles. The summed E-state index contributed by atoms with van der Waals surface area (Å²) in [4.78, 5) is 14.5. The Bertz CT molecular complexity index is 916. The van der Waals surface area contributed by atoms with Gasteiger partial charge in [0.15, 0.2) is 0 Å². The Hall–Kier alpha value is -1.98. The summed E-state index contributed by atoms with van der Waals surface area (Å²) in [6, 6.07) is 6.59. The fraction of sp³-hybridized carbons (Fsp3) is 0.188. The molecule has 3 heterocycles. The highest BCUT2D eigenvalue weighted by molar-refractivity contribution is 6.30. The van der Waals surface area contributed by atoms with Gasteiger partial charge in [0.05, 0.1) is 16.6 Å². The Kier molecular flexibility index (Phi) is 3.54. The SMILES string of the molecule is Fc1cccc2nc(Cl)nc(N3CCCc4c3ccnc4Cl)c12. The van der Waals surface area contributed by atoms with E-state index >= 15 is 0 Å². The summed E-state index contributed by atoms with van der Waals surface area (Å²) in [6.45, 7) is 0.699. The van der Waals surface area contributed by atoms with Gasteiger partial charge in [-0.2, -0.15) is 4.98 Å². The number of pyridine rings is 1. The molecule has 2 aromatic heterocycles. The summed E-state index contributed by atoms with van der Waals surface area (Å²) >= 11 is 12.2. The number of fused-ring (bicyclic) bond motifs is 2. The fourth-order valence-electron chi connectivity index (χ4n) is 2.99. The van der Waals surface area contributed by atoms with E-state index in [9.17, 15) is 4.39 Å². The van der Waals surface area contributed by atoms with Gasteiger partial charge in [0.25, 0.3) is 0 Å². The largest absolute Gasteiger partial charge is 0.325 e. The van der Waals surface area contributed by atoms with Crippen LogP contribution in [0, 0.1) is 5.82 Å². The minimum atomic E-state index is -0.374. The average Bonchev–Trinajstić information content (AvgIpc) is 2.54. The third-order valence-corrected chi connectivity index (χ3v) is 4.45. The topological polar surface area (TPSA) is 41.9 Å². The first kappa shape index (κ1) is 14.6. The van der Waals surface area contributed by atoms with E-state index in [2.05, 4.69) is 15.0 Å². The monoisotopic (exact) mass is 348 g/mol. The van der Waals surface area contributed by atoms with Gasteiger partial charge >= 0.3 is 0 Å². The standard InChI is InChI=1S/C16H11Cl2FN4/c17-14-9-3-2-8-23(12(9)6-7-20-14)15-13-10(19)4-1-5-11(13)21-16(18)22-15/h1,4-7H,2-3,8H2. The quantitative estimate of drug-likeness (QED) is 0.477. The molecule has 0 saturated carbocycles. The Morgan fingerprint density at radius 1 is 1.13 bits per heavy atom. The first-order valence-corrected chi connectivity index (χ1v) is 7.93. The molecule has 0 spiro atoms. The van der Waals surface area contributed by atoms with Crippen molar-refractivity contribution in [3.63, 3.8) is 0 Å². The van der Waals surface area contributed by atoms with Crippen LogP contribution in [0.25, 0.3) is 10.9 Å². The van der Waals surface area contributed by atoms with Crippen molar-refractivity contribution in [2.75, 3.05) is 11.4 Å². The van der Waals surface area contributed by atoms with Crippen LogP contribution in [0.5, 0.6) is 0 Å². The molecule has 1 aliphatic heterocycles. The molecular formula is C16H11Cl2FN4. The summed E-state index contributed by atoms with van der Waals surface area (Å²) in [6.07, 6.45) is 3.34. The normalized spacial score (nSPS) is 14.1. The first-order chi connectivity index (χ1) is 11.1. The van der Waals surface area contributed by atoms with E-state index in [0.29, 0.717) is 28.4 Å². The molecule has 4 rings (SSSR count). The van der Waals surface area contributed by atoms with Crippen LogP contribution in [-0.4, -0.2) is 21.5 Å². The van der Waals surface area contributed by atoms with Crippen LogP contribution in [0.2, 0.25) is 10.4 Å². The fourth-order valence-corrected chi connectivity index (χ4v) is 3.41. The molecule has 0 aliphatic carbocycles. The molecule has 116 valence electrons. The van der Waals surface area contributed by atoms with Crippen LogP contribution >= 0.6 is 23.2 Å². The van der Waals surface area contributed by atoms with E-state index < -0.39 is 0 Å². The third kappa shape index (κ3) is 2.40. The molecule has 0 amide bonds. The van der Waals surface area contributed by atoms with Crippen molar-refractivity contribution in [1.29, 1.82) is 0 Å². The number of halogens is 3. The molecular weight excluding hydrogens is 338 g/mol. The van der Waals surface area contributed by atoms with Crippen LogP contribution in [-0.2, 0) is 6.42 Å². The second-order valence-electron chi connectivity index (χ2n) is 5.30. The molecule has 0 bridgehead atoms. The second kappa shape index (κ2) is 5.58. The Balaban J connectivity index is 2.00. The molecule has 4 nitrogen and oxygen atoms in total. The summed E-state index contributed by atoms with van der Waals surface area (Å²) in [5.41, 5.74) is 2.31. The Morgan fingerprint density at radius 3 is 2.87 bits per heavy atom. The summed E-state index contributed by atoms with van der Waals surface area (Å²) < 4.78 is 14.4. The number of benzene rings is 1. The van der Waals surface area contributed by atoms with Crippen molar-refractivity contribution in [3.05, 3.63) is 52.3 Å². The lowest BCUT2D eigenvalue weighted by Crippen LogP contribution is -2.26. The molecule has 0 N–H and O–H groups in total. The highest BCUT2D eigenvalue weighted by Crippen LogP contribution is 2.38. The summed E-state index contributed by atoms with van der Waals surface area (Å²) in [7, 11) is 0. The lowest BCUT2D eigenvalue weighted by molar-refractivity contribution is 0.638. The van der Waals surface area contributed by atoms with Crippen molar-refractivity contribution in [1.82, 2.24) is 15.0 Å². The van der Waals surface area contributed by atoms with Gasteiger partial charge in [0.1, 0.15) is 16.8 Å². The molecule has 1 aliphatic rings. The van der Waals surface area contributed by atoms with E-state index in [1.165, 1.54) is 6.07 Å². The highest BCUT2D eigenvalue weighted by atomic mass is 35.5. The molecule has 0 unspecified atom stereocenters. The van der Waals surface area contributed by atoms with Crippen molar-refractivity contribution < 1.29 is 4.39 Å². The maximum atomic E-state index is 14.4. The third-order valence-electron chi connectivity index (χ3n) is 3.96. The number of aromatic nitrogens is 3. The lowest BCUT2D eigenvalue weighted by Gasteiger charge is -2.31. The zero-order chi connectivity index (χ0) is 16.0. The minimum Gasteiger partial charge on any atom is -0.325 e. The lowest BCUT2D eigenvalue weighted by atomic mass is 10.0. The van der Waals surface area contributed by atoms with Gasteiger partial charge in [-0.15, -0.1) is 0 Å². The smallest absolute Gasteiger partial charge is 0.224 e. The number of rotatable bonds is 1. The summed E-state index contributed by atoms with van der Waals surface area (Å²) in [5, 5.41) is 0.917. The van der Waals surface area contributed by atoms with Gasteiger partial charge in [0, 0.05) is 18.3 Å². The van der Waals surface area contributed by atoms with E-state index in [0.717, 1.165) is 24.1 Å². The van der Waals surface area contributed by atoms with Crippen LogP contribution in [0.1, 0.15) is 12.0 Å². The van der Waals surface area contributed by atoms with Crippen LogP contribution in [0.3, 0.4) is 0 Å². The number of nitrogens with zero attached hydrogens (tertiary/aromatic N) is 4. The zero-order valence-corrected chi connectivity index (χ0v) is 13.4. The van der Waals surface area contributed by atoms with Crippen molar-refractivity contribution in [3.8, 4) is 0 Å². The van der Waals surface area contributed by atoms with Gasteiger partial charge in [-0.25, -0.2) is 14.4 Å². The molecule has 7 heteroatoms. The zero-order valence-electron chi connectivity index (χ0n) is 11.9. The maximum Gasteiger partial charge on any atom is 0.224 e. The van der Waals surface area contributed by atoms with E-state index in [-0.39, 0.29) is 11.1 Å². The van der Waals surface area contributed by atoms with Crippen LogP contribution in [0.4, 0.5) is 15.9 Å². The van der Waals surface area contributed by atoms with Crippen LogP contribution in [0.15, 0.2) is 30.5 Å². The van der Waals surface area contributed by atoms with Gasteiger partial charge < -0.3 is 4.90 Å². The second-order valence-corrected chi connectivity index (χ2v) is 6.00. The predicted molar refractivity (Wildman–Crippen MR) is 89.1 cm³/mol. The summed E-state index contributed by atoms with van der Waals surface area (Å²) in [5.74, 6) is 0.0859. The van der Waals surface area contributed by atoms with Crippen molar-refractivity contribution in [2.45, 2.75) is 12.8 Å². The van der Waals surface area contributed by atoms with Crippen molar-refractivity contribution >= 4 is 45.6 Å². The Morgan fingerprint density at radius 2 is 2.00 bits per heavy atom. The number of hydrogen-bond donors (Lipinski definition) is 0. The average molecular weight is 349 g/mol. The van der Waals surface area contributed by atoms with E-state index in [1.54, 1.807) is 18.3 Å². The number of hydrogen-bond acceptors (Lipinski definition) is 4. The number of anilines is 2. The molecule has 0 atom stereocenters. The van der Waals surface area contributed by atoms with Crippen LogP contribution < -0.4 is 4.90 Å². The van der Waals surface area contributed by atoms with Crippen molar-refractivity contribution in [2.24, 2.45) is 0 Å². The minimum absolute atomic E-state index is 0.0883. The maximum absolute atomic E-state index is 14.4. The first-order valence-electron chi connectivity index (χ1n) is 7.18. The molecule has 23 heavy (non-hydrogen) atoms. The Labute approximate surface area is 141 Å². The van der Waals surface area contributed by atoms with Gasteiger partial charge in [-0.3, -0.25) is 0 Å². The highest BCUT2D eigenvalue weighted by Gasteiger charge is 2.25. The van der Waals surface area contributed by atoms with Gasteiger partial charge in [-0.1, -0.05) is 17.7 Å². The van der Waals surface area contributed by atoms with Gasteiger partial charge in [0.2, 0.25) is 5.28 Å². The predicted octanol–water partition coefficient (Wildman–Crippen LogP) is 4.56. The molecule has 3 aromatic rings. The molecule has 0 fully saturated rings. The van der Waals surface area contributed by atoms with E-state index in [1.807, 2.05) is 11.0 Å². The van der Waals surface area contributed by atoms with Gasteiger partial charge in [-0.05, 0) is 42.6 Å². The molecule has 0 saturated heterocycles. The molecule has 0 radical (unpaired) electrons. The van der Waals surface area contributed by atoms with E-state index in [4.69, 9.17) is 23.2 Å².